The smallest absolute Gasteiger partial charge is 0.407 e. The van der Waals surface area contributed by atoms with E-state index in [9.17, 15) is 9.59 Å². The van der Waals surface area contributed by atoms with Gasteiger partial charge in [-0.25, -0.2) is 9.78 Å². The quantitative estimate of drug-likeness (QED) is 0.665. The molecule has 0 aliphatic carbocycles. The Morgan fingerprint density at radius 2 is 2.03 bits per heavy atom. The number of halogens is 1. The summed E-state index contributed by atoms with van der Waals surface area (Å²) in [5, 5.41) is 6.40. The zero-order valence-electron chi connectivity index (χ0n) is 17.0. The first-order chi connectivity index (χ1) is 13.7. The highest BCUT2D eigenvalue weighted by Gasteiger charge is 2.25. The van der Waals surface area contributed by atoms with Gasteiger partial charge in [0, 0.05) is 23.5 Å². The van der Waals surface area contributed by atoms with Crippen molar-refractivity contribution in [3.8, 4) is 0 Å². The molecule has 1 saturated heterocycles. The van der Waals surface area contributed by atoms with Crippen LogP contribution in [0.2, 0.25) is 0 Å². The van der Waals surface area contributed by atoms with E-state index in [0.717, 1.165) is 47.2 Å². The zero-order chi connectivity index (χ0) is 21.0. The van der Waals surface area contributed by atoms with Gasteiger partial charge in [0.15, 0.2) is 5.13 Å². The van der Waals surface area contributed by atoms with Gasteiger partial charge in [-0.05, 0) is 64.9 Å². The molecule has 0 spiro atoms. The summed E-state index contributed by atoms with van der Waals surface area (Å²) in [5.41, 5.74) is 0.399. The van der Waals surface area contributed by atoms with Crippen LogP contribution >= 0.6 is 27.3 Å². The Balaban J connectivity index is 1.40. The Morgan fingerprint density at radius 1 is 1.31 bits per heavy atom. The Hall–Kier alpha value is -1.71. The van der Waals surface area contributed by atoms with Crippen molar-refractivity contribution in [2.75, 3.05) is 31.5 Å². The van der Waals surface area contributed by atoms with E-state index in [0.29, 0.717) is 11.7 Å². The predicted molar refractivity (Wildman–Crippen MR) is 119 cm³/mol. The number of amides is 2. The van der Waals surface area contributed by atoms with E-state index >= 15 is 0 Å². The van der Waals surface area contributed by atoms with Crippen molar-refractivity contribution in [2.45, 2.75) is 39.2 Å². The first-order valence-corrected chi connectivity index (χ1v) is 11.4. The number of fused-ring (bicyclic) bond motifs is 1. The number of rotatable bonds is 5. The van der Waals surface area contributed by atoms with Crippen molar-refractivity contribution in [1.82, 2.24) is 15.2 Å². The molecule has 7 nitrogen and oxygen atoms in total. The third-order valence-corrected chi connectivity index (χ3v) is 6.06. The van der Waals surface area contributed by atoms with Gasteiger partial charge in [-0.15, -0.1) is 0 Å². The van der Waals surface area contributed by atoms with E-state index in [1.807, 2.05) is 39.0 Å². The molecule has 1 fully saturated rings. The number of carbonyl (C=O) groups excluding carboxylic acids is 2. The van der Waals surface area contributed by atoms with Gasteiger partial charge in [-0.3, -0.25) is 4.79 Å². The number of ether oxygens (including phenoxy) is 1. The van der Waals surface area contributed by atoms with Crippen molar-refractivity contribution in [1.29, 1.82) is 0 Å². The number of nitrogens with one attached hydrogen (secondary N) is 2. The van der Waals surface area contributed by atoms with E-state index in [4.69, 9.17) is 4.74 Å². The molecular weight excluding hydrogens is 456 g/mol. The van der Waals surface area contributed by atoms with Gasteiger partial charge in [0.2, 0.25) is 5.91 Å². The van der Waals surface area contributed by atoms with Crippen LogP contribution in [0.15, 0.2) is 22.7 Å². The maximum Gasteiger partial charge on any atom is 0.407 e. The van der Waals surface area contributed by atoms with Crippen LogP contribution in [0.25, 0.3) is 10.2 Å². The molecule has 3 rings (SSSR count). The summed E-state index contributed by atoms with van der Waals surface area (Å²) in [6.45, 7) is 8.48. The third-order valence-electron chi connectivity index (χ3n) is 4.64. The standard InChI is InChI=1S/C20H27BrN4O3S/c1-20(2,3)28-19(27)22-8-11-25-9-6-13(7-10-25)17(26)24-18-23-15-5-4-14(21)12-16(15)29-18/h4-5,12-13H,6-11H2,1-3H3,(H,22,27)(H,23,24,26). The number of hydrogen-bond acceptors (Lipinski definition) is 6. The fourth-order valence-electron chi connectivity index (χ4n) is 3.21. The Kier molecular flexibility index (Phi) is 7.13. The van der Waals surface area contributed by atoms with E-state index < -0.39 is 11.7 Å². The first-order valence-electron chi connectivity index (χ1n) is 9.76. The largest absolute Gasteiger partial charge is 0.444 e. The van der Waals surface area contributed by atoms with Crippen molar-refractivity contribution >= 4 is 54.6 Å². The van der Waals surface area contributed by atoms with Crippen LogP contribution in [-0.2, 0) is 9.53 Å². The lowest BCUT2D eigenvalue weighted by Crippen LogP contribution is -2.42. The number of carbonyl (C=O) groups is 2. The summed E-state index contributed by atoms with van der Waals surface area (Å²) in [4.78, 5) is 31.0. The molecule has 158 valence electrons. The first kappa shape index (κ1) is 22.0. The summed E-state index contributed by atoms with van der Waals surface area (Å²) in [5.74, 6) is 0.0264. The normalized spacial score (nSPS) is 16.0. The van der Waals surface area contributed by atoms with Crippen LogP contribution in [0.3, 0.4) is 0 Å². The summed E-state index contributed by atoms with van der Waals surface area (Å²) < 4.78 is 7.28. The fraction of sp³-hybridized carbons (Fsp3) is 0.550. The van der Waals surface area contributed by atoms with Gasteiger partial charge < -0.3 is 20.3 Å². The second-order valence-corrected chi connectivity index (χ2v) is 10.1. The Labute approximate surface area is 183 Å². The lowest BCUT2D eigenvalue weighted by Gasteiger charge is -2.31. The number of thiazole rings is 1. The molecule has 1 aromatic heterocycles. The number of nitrogens with zero attached hydrogens (tertiary/aromatic N) is 2. The summed E-state index contributed by atoms with van der Waals surface area (Å²) in [7, 11) is 0. The Bertz CT molecular complexity index is 872. The number of aromatic nitrogens is 1. The highest BCUT2D eigenvalue weighted by Crippen LogP contribution is 2.29. The van der Waals surface area contributed by atoms with Gasteiger partial charge in [0.05, 0.1) is 10.2 Å². The molecule has 2 N–H and O–H groups in total. The lowest BCUT2D eigenvalue weighted by molar-refractivity contribution is -0.121. The minimum absolute atomic E-state index is 0.0104. The van der Waals surface area contributed by atoms with Crippen LogP contribution in [0.4, 0.5) is 9.93 Å². The zero-order valence-corrected chi connectivity index (χ0v) is 19.4. The van der Waals surface area contributed by atoms with Crippen molar-refractivity contribution in [3.63, 3.8) is 0 Å². The predicted octanol–water partition coefficient (Wildman–Crippen LogP) is 4.23. The topological polar surface area (TPSA) is 83.6 Å². The number of piperidine rings is 1. The molecule has 1 aromatic carbocycles. The van der Waals surface area contributed by atoms with Crippen molar-refractivity contribution in [3.05, 3.63) is 22.7 Å². The maximum absolute atomic E-state index is 12.6. The second kappa shape index (κ2) is 9.40. The van der Waals surface area contributed by atoms with Crippen LogP contribution in [-0.4, -0.2) is 53.7 Å². The number of alkyl carbamates (subject to hydrolysis) is 1. The van der Waals surface area contributed by atoms with Gasteiger partial charge in [0.1, 0.15) is 5.60 Å². The molecule has 9 heteroatoms. The molecule has 1 aliphatic rings. The van der Waals surface area contributed by atoms with E-state index in [2.05, 4.69) is 36.4 Å². The molecule has 29 heavy (non-hydrogen) atoms. The average molecular weight is 483 g/mol. The Morgan fingerprint density at radius 3 is 2.72 bits per heavy atom. The van der Waals surface area contributed by atoms with E-state index in [1.54, 1.807) is 0 Å². The highest BCUT2D eigenvalue weighted by molar-refractivity contribution is 9.10. The van der Waals surface area contributed by atoms with E-state index in [1.165, 1.54) is 11.3 Å². The van der Waals surface area contributed by atoms with Gasteiger partial charge >= 0.3 is 6.09 Å². The lowest BCUT2D eigenvalue weighted by atomic mass is 9.96. The molecule has 2 amide bonds. The molecule has 0 radical (unpaired) electrons. The minimum Gasteiger partial charge on any atom is -0.444 e. The molecule has 2 aromatic rings. The van der Waals surface area contributed by atoms with Gasteiger partial charge in [-0.2, -0.15) is 0 Å². The molecular formula is C20H27BrN4O3S. The molecule has 1 aliphatic heterocycles. The van der Waals surface area contributed by atoms with Crippen LogP contribution in [0.1, 0.15) is 33.6 Å². The molecule has 0 bridgehead atoms. The molecule has 0 unspecified atom stereocenters. The van der Waals surface area contributed by atoms with Crippen LogP contribution in [0, 0.1) is 5.92 Å². The fourth-order valence-corrected chi connectivity index (χ4v) is 4.63. The molecule has 2 heterocycles. The number of hydrogen-bond donors (Lipinski definition) is 2. The SMILES string of the molecule is CC(C)(C)OC(=O)NCCN1CCC(C(=O)Nc2nc3ccc(Br)cc3s2)CC1. The second-order valence-electron chi connectivity index (χ2n) is 8.16. The molecule has 0 atom stereocenters. The summed E-state index contributed by atoms with van der Waals surface area (Å²) in [6.07, 6.45) is 1.21. The highest BCUT2D eigenvalue weighted by atomic mass is 79.9. The minimum atomic E-state index is -0.491. The molecule has 0 saturated carbocycles. The maximum atomic E-state index is 12.6. The van der Waals surface area contributed by atoms with Crippen molar-refractivity contribution in [2.24, 2.45) is 5.92 Å². The number of anilines is 1. The van der Waals surface area contributed by atoms with Crippen LogP contribution in [0.5, 0.6) is 0 Å². The monoisotopic (exact) mass is 482 g/mol. The average Bonchev–Trinajstić information content (AvgIpc) is 3.02. The van der Waals surface area contributed by atoms with Gasteiger partial charge in [0.25, 0.3) is 0 Å². The summed E-state index contributed by atoms with van der Waals surface area (Å²) >= 11 is 4.94. The third kappa shape index (κ3) is 6.65. The van der Waals surface area contributed by atoms with Crippen LogP contribution < -0.4 is 10.6 Å². The van der Waals surface area contributed by atoms with E-state index in [-0.39, 0.29) is 11.8 Å². The summed E-state index contributed by atoms with van der Waals surface area (Å²) in [6, 6.07) is 5.89. The number of likely N-dealkylation sites (tertiary alicyclic amines) is 1. The van der Waals surface area contributed by atoms with Gasteiger partial charge in [-0.1, -0.05) is 27.3 Å². The van der Waals surface area contributed by atoms with Crippen molar-refractivity contribution < 1.29 is 14.3 Å². The number of benzene rings is 1.